The fraction of sp³-hybridized carbons (Fsp3) is 0.281. The standard InChI is InChI=1S/C32H32N2O3/c1-37-31(35)17-12-23-6-5-9-29(20-23)34(32(36)26-7-3-2-4-8-26)22-24-10-13-25(14-11-24)27-15-16-30-28(21-27)18-19-33-30/h5-6,9-17,19-21,26H,2-4,7-8,18,22H2,1H3/b17-12+/i22D. The molecule has 2 aliphatic rings. The molecule has 0 saturated heterocycles. The number of anilines is 1. The summed E-state index contributed by atoms with van der Waals surface area (Å²) in [5.41, 5.74) is 6.58. The van der Waals surface area contributed by atoms with Crippen LogP contribution >= 0.6 is 0 Å². The number of methoxy groups -OCH3 is 1. The minimum atomic E-state index is -0.897. The molecule has 0 spiro atoms. The summed E-state index contributed by atoms with van der Waals surface area (Å²) in [6.45, 7) is -0.897. The molecule has 0 N–H and O–H groups in total. The summed E-state index contributed by atoms with van der Waals surface area (Å²) in [6.07, 6.45) is 10.7. The molecule has 1 unspecified atom stereocenters. The largest absolute Gasteiger partial charge is 0.466 e. The summed E-state index contributed by atoms with van der Waals surface area (Å²) in [5.74, 6) is -0.542. The second-order valence-electron chi connectivity index (χ2n) is 9.61. The molecule has 37 heavy (non-hydrogen) atoms. The van der Waals surface area contributed by atoms with Gasteiger partial charge in [-0.05, 0) is 71.0 Å². The number of hydrogen-bond donors (Lipinski definition) is 0. The predicted molar refractivity (Wildman–Crippen MR) is 149 cm³/mol. The van der Waals surface area contributed by atoms with Crippen LogP contribution in [-0.4, -0.2) is 25.2 Å². The van der Waals surface area contributed by atoms with Crippen molar-refractivity contribution in [2.45, 2.75) is 45.0 Å². The van der Waals surface area contributed by atoms with Crippen LogP contribution in [0.15, 0.2) is 77.8 Å². The van der Waals surface area contributed by atoms with E-state index in [4.69, 9.17) is 4.74 Å². The van der Waals surface area contributed by atoms with E-state index in [0.717, 1.165) is 66.5 Å². The highest BCUT2D eigenvalue weighted by atomic mass is 16.5. The van der Waals surface area contributed by atoms with E-state index in [1.807, 2.05) is 60.8 Å². The summed E-state index contributed by atoms with van der Waals surface area (Å²) in [6, 6.07) is 21.6. The zero-order chi connectivity index (χ0) is 26.5. The predicted octanol–water partition coefficient (Wildman–Crippen LogP) is 6.91. The highest BCUT2D eigenvalue weighted by Gasteiger charge is 2.27. The van der Waals surface area contributed by atoms with Crippen LogP contribution in [0.2, 0.25) is 0 Å². The highest BCUT2D eigenvalue weighted by Crippen LogP contribution is 2.32. The van der Waals surface area contributed by atoms with E-state index >= 15 is 0 Å². The summed E-state index contributed by atoms with van der Waals surface area (Å²) in [4.78, 5) is 31.4. The Morgan fingerprint density at radius 2 is 1.81 bits per heavy atom. The molecule has 5 heteroatoms. The third kappa shape index (κ3) is 5.88. The normalized spacial score (nSPS) is 16.3. The molecule has 5 rings (SSSR count). The third-order valence-corrected chi connectivity index (χ3v) is 7.10. The van der Waals surface area contributed by atoms with Crippen LogP contribution in [-0.2, 0) is 27.3 Å². The number of carbonyl (C=O) groups excluding carboxylic acids is 2. The zero-order valence-corrected chi connectivity index (χ0v) is 21.1. The fourth-order valence-corrected chi connectivity index (χ4v) is 5.03. The van der Waals surface area contributed by atoms with E-state index in [2.05, 4.69) is 17.1 Å². The van der Waals surface area contributed by atoms with Crippen LogP contribution in [0.3, 0.4) is 0 Å². The number of carbonyl (C=O) groups is 2. The maximum absolute atomic E-state index is 13.8. The minimum Gasteiger partial charge on any atom is -0.466 e. The van der Waals surface area contributed by atoms with Gasteiger partial charge in [-0.2, -0.15) is 0 Å². The Bertz CT molecular complexity index is 1370. The van der Waals surface area contributed by atoms with Gasteiger partial charge in [0.15, 0.2) is 0 Å². The lowest BCUT2D eigenvalue weighted by Gasteiger charge is -2.30. The van der Waals surface area contributed by atoms with Crippen molar-refractivity contribution < 1.29 is 15.7 Å². The van der Waals surface area contributed by atoms with Gasteiger partial charge in [-0.3, -0.25) is 9.79 Å². The number of rotatable bonds is 7. The first-order chi connectivity index (χ1) is 18.5. The van der Waals surface area contributed by atoms with Crippen molar-refractivity contribution in [1.82, 2.24) is 0 Å². The Morgan fingerprint density at radius 1 is 1.03 bits per heavy atom. The van der Waals surface area contributed by atoms with Crippen molar-refractivity contribution in [3.8, 4) is 11.1 Å². The molecular formula is C32H32N2O3. The van der Waals surface area contributed by atoms with Gasteiger partial charge >= 0.3 is 5.97 Å². The van der Waals surface area contributed by atoms with Gasteiger partial charge < -0.3 is 9.64 Å². The average molecular weight is 494 g/mol. The van der Waals surface area contributed by atoms with Gasteiger partial charge in [0.25, 0.3) is 0 Å². The first kappa shape index (κ1) is 23.4. The molecule has 188 valence electrons. The van der Waals surface area contributed by atoms with Crippen LogP contribution in [0.25, 0.3) is 17.2 Å². The maximum Gasteiger partial charge on any atom is 0.330 e. The minimum absolute atomic E-state index is 0.0125. The SMILES string of the molecule is [2H]C(c1ccc(-c2ccc3c(c2)CC=N3)cc1)N(C(=O)C1CCCCC1)c1cccc(/C=C/C(=O)OC)c1. The monoisotopic (exact) mass is 493 g/mol. The first-order valence-electron chi connectivity index (χ1n) is 13.5. The van der Waals surface area contributed by atoms with E-state index < -0.39 is 12.5 Å². The van der Waals surface area contributed by atoms with Gasteiger partial charge in [0.05, 0.1) is 20.7 Å². The van der Waals surface area contributed by atoms with Crippen molar-refractivity contribution in [1.29, 1.82) is 0 Å². The molecule has 0 radical (unpaired) electrons. The summed E-state index contributed by atoms with van der Waals surface area (Å²) >= 11 is 0. The molecule has 1 heterocycles. The number of aliphatic imine (C=N–C) groups is 1. The van der Waals surface area contributed by atoms with Gasteiger partial charge in [0, 0.05) is 30.3 Å². The fourth-order valence-electron chi connectivity index (χ4n) is 5.03. The van der Waals surface area contributed by atoms with Crippen molar-refractivity contribution >= 4 is 35.5 Å². The Morgan fingerprint density at radius 3 is 2.59 bits per heavy atom. The molecule has 1 aliphatic carbocycles. The van der Waals surface area contributed by atoms with Crippen LogP contribution < -0.4 is 4.90 Å². The molecule has 0 aromatic heterocycles. The van der Waals surface area contributed by atoms with Crippen LogP contribution in [0.5, 0.6) is 0 Å². The topological polar surface area (TPSA) is 59.0 Å². The number of ether oxygens (including phenoxy) is 1. The van der Waals surface area contributed by atoms with Gasteiger partial charge in [-0.15, -0.1) is 0 Å². The quantitative estimate of drug-likeness (QED) is 0.265. The third-order valence-electron chi connectivity index (χ3n) is 7.10. The van der Waals surface area contributed by atoms with Crippen molar-refractivity contribution in [2.24, 2.45) is 10.9 Å². The lowest BCUT2D eigenvalue weighted by molar-refractivity contribution is -0.134. The van der Waals surface area contributed by atoms with Gasteiger partial charge in [0.1, 0.15) is 0 Å². The number of nitrogens with zero attached hydrogens (tertiary/aromatic N) is 2. The molecule has 3 aromatic carbocycles. The van der Waals surface area contributed by atoms with Crippen molar-refractivity contribution in [3.63, 3.8) is 0 Å². The number of esters is 1. The summed E-state index contributed by atoms with van der Waals surface area (Å²) < 4.78 is 13.9. The molecule has 1 fully saturated rings. The van der Waals surface area contributed by atoms with Crippen molar-refractivity contribution in [3.05, 3.63) is 89.5 Å². The number of amides is 1. The Labute approximate surface area is 219 Å². The van der Waals surface area contributed by atoms with E-state index in [0.29, 0.717) is 5.69 Å². The summed E-state index contributed by atoms with van der Waals surface area (Å²) in [5, 5.41) is 0. The second kappa shape index (κ2) is 11.4. The van der Waals surface area contributed by atoms with Gasteiger partial charge in [0.2, 0.25) is 5.91 Å². The summed E-state index contributed by atoms with van der Waals surface area (Å²) in [7, 11) is 1.34. The molecule has 0 bridgehead atoms. The maximum atomic E-state index is 13.8. The average Bonchev–Trinajstić information content (AvgIpc) is 3.45. The van der Waals surface area contributed by atoms with Crippen LogP contribution in [0, 0.1) is 5.92 Å². The highest BCUT2D eigenvalue weighted by molar-refractivity contribution is 5.95. The van der Waals surface area contributed by atoms with Crippen LogP contribution in [0.4, 0.5) is 11.4 Å². The lowest BCUT2D eigenvalue weighted by atomic mass is 9.88. The molecule has 3 aromatic rings. The van der Waals surface area contributed by atoms with E-state index in [9.17, 15) is 11.0 Å². The molecule has 5 nitrogen and oxygen atoms in total. The van der Waals surface area contributed by atoms with Crippen LogP contribution in [0.1, 0.15) is 50.2 Å². The Balaban J connectivity index is 1.44. The number of fused-ring (bicyclic) bond motifs is 1. The lowest BCUT2D eigenvalue weighted by Crippen LogP contribution is -2.36. The molecule has 1 amide bonds. The smallest absolute Gasteiger partial charge is 0.330 e. The van der Waals surface area contributed by atoms with E-state index in [1.54, 1.807) is 11.0 Å². The Hall–Kier alpha value is -3.99. The number of benzene rings is 3. The van der Waals surface area contributed by atoms with E-state index in [-0.39, 0.29) is 11.8 Å². The molecular weight excluding hydrogens is 460 g/mol. The van der Waals surface area contributed by atoms with Gasteiger partial charge in [-0.25, -0.2) is 4.79 Å². The Kier molecular flexibility index (Phi) is 7.20. The second-order valence-corrected chi connectivity index (χ2v) is 9.61. The number of hydrogen-bond acceptors (Lipinski definition) is 4. The first-order valence-corrected chi connectivity index (χ1v) is 12.9. The molecule has 1 saturated carbocycles. The van der Waals surface area contributed by atoms with Crippen molar-refractivity contribution in [2.75, 3.05) is 12.0 Å². The zero-order valence-electron chi connectivity index (χ0n) is 22.1. The molecule has 1 aliphatic heterocycles. The van der Waals surface area contributed by atoms with E-state index in [1.165, 1.54) is 18.7 Å². The molecule has 1 atom stereocenters. The van der Waals surface area contributed by atoms with Gasteiger partial charge in [-0.1, -0.05) is 61.7 Å².